The minimum absolute atomic E-state index is 0.108. The first kappa shape index (κ1) is 28.3. The number of ether oxygens (including phenoxy) is 4. The number of nitrogens with zero attached hydrogens (tertiary/aromatic N) is 1. The van der Waals surface area contributed by atoms with E-state index in [0.29, 0.717) is 0 Å². The summed E-state index contributed by atoms with van der Waals surface area (Å²) in [6, 6.07) is 10.5. The number of amides is 1. The second kappa shape index (κ2) is 12.8. The molecule has 3 rings (SSSR count). The molecule has 0 bridgehead atoms. The number of nitrogens with one attached hydrogen (secondary N) is 1. The molecule has 11 heteroatoms. The second-order valence-electron chi connectivity index (χ2n) is 9.09. The Morgan fingerprint density at radius 3 is 2.45 bits per heavy atom. The molecule has 0 saturated carbocycles. The van der Waals surface area contributed by atoms with Crippen LogP contribution in [0.15, 0.2) is 48.7 Å². The van der Waals surface area contributed by atoms with E-state index >= 15 is 0 Å². The Kier molecular flexibility index (Phi) is 9.53. The van der Waals surface area contributed by atoms with Gasteiger partial charge >= 0.3 is 23.9 Å². The van der Waals surface area contributed by atoms with Gasteiger partial charge in [0.15, 0.2) is 23.6 Å². The van der Waals surface area contributed by atoms with Gasteiger partial charge in [-0.25, -0.2) is 9.78 Å². The maximum absolute atomic E-state index is 13.3. The van der Waals surface area contributed by atoms with Crippen molar-refractivity contribution in [1.82, 2.24) is 10.3 Å². The highest BCUT2D eigenvalue weighted by atomic mass is 16.6. The molecule has 2 unspecified atom stereocenters. The van der Waals surface area contributed by atoms with Crippen molar-refractivity contribution < 1.29 is 42.9 Å². The summed E-state index contributed by atoms with van der Waals surface area (Å²) in [6.07, 6.45) is -0.709. The number of carbonyl (C=O) groups is 5. The fourth-order valence-electron chi connectivity index (χ4n) is 3.78. The predicted octanol–water partition coefficient (Wildman–Crippen LogP) is 2.02. The van der Waals surface area contributed by atoms with Gasteiger partial charge in [0.05, 0.1) is 5.92 Å². The quantitative estimate of drug-likeness (QED) is 0.420. The van der Waals surface area contributed by atoms with Crippen molar-refractivity contribution in [2.24, 2.45) is 11.8 Å². The van der Waals surface area contributed by atoms with E-state index in [0.717, 1.165) is 5.56 Å². The Morgan fingerprint density at radius 1 is 1.08 bits per heavy atom. The molecule has 1 amide bonds. The largest absolute Gasteiger partial charge is 0.463 e. The number of rotatable bonds is 7. The summed E-state index contributed by atoms with van der Waals surface area (Å²) in [5, 5.41) is 2.42. The van der Waals surface area contributed by atoms with Gasteiger partial charge in [0.2, 0.25) is 0 Å². The van der Waals surface area contributed by atoms with Gasteiger partial charge in [-0.05, 0) is 31.0 Å². The van der Waals surface area contributed by atoms with E-state index in [2.05, 4.69) is 10.3 Å². The average Bonchev–Trinajstić information content (AvgIpc) is 2.91. The van der Waals surface area contributed by atoms with Gasteiger partial charge in [0.1, 0.15) is 18.6 Å². The van der Waals surface area contributed by atoms with Crippen molar-refractivity contribution in [3.63, 3.8) is 0 Å². The van der Waals surface area contributed by atoms with Crippen LogP contribution in [0.3, 0.4) is 0 Å². The summed E-state index contributed by atoms with van der Waals surface area (Å²) in [4.78, 5) is 67.0. The van der Waals surface area contributed by atoms with E-state index < -0.39 is 66.5 Å². The van der Waals surface area contributed by atoms with Gasteiger partial charge < -0.3 is 24.3 Å². The molecule has 1 fully saturated rings. The van der Waals surface area contributed by atoms with Crippen LogP contribution >= 0.6 is 0 Å². The first-order valence-corrected chi connectivity index (χ1v) is 12.1. The maximum atomic E-state index is 13.3. The zero-order chi connectivity index (χ0) is 27.8. The van der Waals surface area contributed by atoms with Crippen LogP contribution in [0, 0.1) is 11.8 Å². The molecule has 1 aliphatic rings. The molecule has 2 heterocycles. The van der Waals surface area contributed by atoms with Crippen LogP contribution in [0.5, 0.6) is 5.75 Å². The van der Waals surface area contributed by atoms with Gasteiger partial charge in [-0.15, -0.1) is 0 Å². The molecular formula is C27H30N2O9. The molecule has 1 aliphatic heterocycles. The first-order valence-electron chi connectivity index (χ1n) is 12.1. The smallest absolute Gasteiger partial charge is 0.332 e. The molecule has 2 aromatic rings. The number of esters is 4. The highest BCUT2D eigenvalue weighted by molar-refractivity contribution is 5.98. The normalized spacial score (nSPS) is 21.7. The summed E-state index contributed by atoms with van der Waals surface area (Å²) in [5.41, 5.74) is 0.538. The van der Waals surface area contributed by atoms with Crippen molar-refractivity contribution in [1.29, 1.82) is 0 Å². The molecule has 1 saturated heterocycles. The molecule has 202 valence electrons. The number of carbonyl (C=O) groups excluding carboxylic acids is 5. The van der Waals surface area contributed by atoms with Gasteiger partial charge in [-0.1, -0.05) is 44.2 Å². The highest BCUT2D eigenvalue weighted by Crippen LogP contribution is 2.25. The molecule has 4 atom stereocenters. The average molecular weight is 527 g/mol. The number of benzene rings is 1. The standard InChI is InChI=1S/C27H30N2O9/c1-15(2)25(32)38-23-16(3)36-27(34)20(14-35-26(33)19(23)13-18-9-6-5-7-10-18)29-24(31)22-21(37-17(4)30)11-8-12-28-22/h5-12,15-16,19-20,23H,13-14H2,1-4H3,(H,29,31)/t16-,19+,20?,23?/m0/s1. The minimum atomic E-state index is -1.40. The minimum Gasteiger partial charge on any atom is -0.463 e. The molecule has 11 nitrogen and oxygen atoms in total. The van der Waals surface area contributed by atoms with Crippen LogP contribution in [0.1, 0.15) is 43.7 Å². The third-order valence-electron chi connectivity index (χ3n) is 5.71. The Hall–Kier alpha value is -4.28. The monoisotopic (exact) mass is 526 g/mol. The van der Waals surface area contributed by atoms with Crippen molar-refractivity contribution in [2.75, 3.05) is 6.61 Å². The molecule has 1 aromatic heterocycles. The van der Waals surface area contributed by atoms with Crippen LogP contribution in [-0.4, -0.2) is 59.6 Å². The van der Waals surface area contributed by atoms with Gasteiger partial charge in [-0.3, -0.25) is 19.2 Å². The van der Waals surface area contributed by atoms with E-state index in [9.17, 15) is 24.0 Å². The van der Waals surface area contributed by atoms with Gasteiger partial charge in [0.25, 0.3) is 5.91 Å². The third kappa shape index (κ3) is 7.37. The van der Waals surface area contributed by atoms with Crippen molar-refractivity contribution in [2.45, 2.75) is 52.4 Å². The molecule has 0 spiro atoms. The first-order chi connectivity index (χ1) is 18.1. The third-order valence-corrected chi connectivity index (χ3v) is 5.71. The van der Waals surface area contributed by atoms with Crippen LogP contribution < -0.4 is 10.1 Å². The lowest BCUT2D eigenvalue weighted by Crippen LogP contribution is -2.47. The second-order valence-corrected chi connectivity index (χ2v) is 9.09. The Bertz CT molecular complexity index is 1180. The fourth-order valence-corrected chi connectivity index (χ4v) is 3.78. The molecule has 38 heavy (non-hydrogen) atoms. The predicted molar refractivity (Wildman–Crippen MR) is 132 cm³/mol. The summed E-state index contributed by atoms with van der Waals surface area (Å²) in [5.74, 6) is -5.30. The topological polar surface area (TPSA) is 147 Å². The molecule has 1 N–H and O–H groups in total. The van der Waals surface area contributed by atoms with Crippen molar-refractivity contribution in [3.8, 4) is 5.75 Å². The highest BCUT2D eigenvalue weighted by Gasteiger charge is 2.42. The Balaban J connectivity index is 1.87. The number of aromatic nitrogens is 1. The fraction of sp³-hybridized carbons (Fsp3) is 0.407. The number of pyridine rings is 1. The zero-order valence-electron chi connectivity index (χ0n) is 21.5. The Morgan fingerprint density at radius 2 is 1.79 bits per heavy atom. The lowest BCUT2D eigenvalue weighted by molar-refractivity contribution is -0.176. The molecular weight excluding hydrogens is 496 g/mol. The molecule has 0 aliphatic carbocycles. The lowest BCUT2D eigenvalue weighted by atomic mass is 9.91. The van der Waals surface area contributed by atoms with Gasteiger partial charge in [0, 0.05) is 13.1 Å². The summed E-state index contributed by atoms with van der Waals surface area (Å²) in [7, 11) is 0. The molecule has 0 radical (unpaired) electrons. The summed E-state index contributed by atoms with van der Waals surface area (Å²) >= 11 is 0. The number of hydrogen-bond acceptors (Lipinski definition) is 10. The molecule has 1 aromatic carbocycles. The van der Waals surface area contributed by atoms with Crippen LogP contribution in [-0.2, 0) is 39.8 Å². The summed E-state index contributed by atoms with van der Waals surface area (Å²) < 4.78 is 21.6. The van der Waals surface area contributed by atoms with Gasteiger partial charge in [-0.2, -0.15) is 0 Å². The summed E-state index contributed by atoms with van der Waals surface area (Å²) in [6.45, 7) is 5.42. The lowest BCUT2D eigenvalue weighted by Gasteiger charge is -2.29. The van der Waals surface area contributed by atoms with E-state index in [1.54, 1.807) is 13.8 Å². The number of hydrogen-bond donors (Lipinski definition) is 1. The van der Waals surface area contributed by atoms with E-state index in [1.807, 2.05) is 30.3 Å². The van der Waals surface area contributed by atoms with Crippen LogP contribution in [0.2, 0.25) is 0 Å². The van der Waals surface area contributed by atoms with E-state index in [-0.39, 0.29) is 17.9 Å². The van der Waals surface area contributed by atoms with Crippen molar-refractivity contribution in [3.05, 3.63) is 59.9 Å². The van der Waals surface area contributed by atoms with E-state index in [1.165, 1.54) is 32.2 Å². The SMILES string of the molecule is CC(=O)Oc1cccnc1C(=O)NC1COC(=O)[C@H](Cc2ccccc2)C(OC(=O)C(C)C)[C@H](C)OC1=O. The van der Waals surface area contributed by atoms with E-state index in [4.69, 9.17) is 18.9 Å². The number of cyclic esters (lactones) is 2. The van der Waals surface area contributed by atoms with Crippen LogP contribution in [0.4, 0.5) is 0 Å². The maximum Gasteiger partial charge on any atom is 0.332 e. The zero-order valence-corrected chi connectivity index (χ0v) is 21.5. The Labute approximate surface area is 219 Å². The van der Waals surface area contributed by atoms with Crippen molar-refractivity contribution >= 4 is 29.8 Å². The van der Waals surface area contributed by atoms with Crippen LogP contribution in [0.25, 0.3) is 0 Å².